The van der Waals surface area contributed by atoms with Gasteiger partial charge in [0.15, 0.2) is 11.6 Å². The molecule has 11 nitrogen and oxygen atoms in total. The molecule has 47 heavy (non-hydrogen) atoms. The van der Waals surface area contributed by atoms with Crippen LogP contribution >= 0.6 is 11.6 Å². The number of allylic oxidation sites excluding steroid dienone is 3. The zero-order chi connectivity index (χ0) is 35.8. The van der Waals surface area contributed by atoms with Crippen molar-refractivity contribution in [3.05, 3.63) is 56.6 Å². The zero-order valence-electron chi connectivity index (χ0n) is 27.8. The van der Waals surface area contributed by atoms with Crippen LogP contribution in [0.2, 0.25) is 5.02 Å². The molecule has 12 heteroatoms. The number of hydrogen-bond acceptors (Lipinski definition) is 10. The molecule has 0 aromatic heterocycles. The largest absolute Gasteiger partial charge is 0.506 e. The van der Waals surface area contributed by atoms with Gasteiger partial charge in [0.1, 0.15) is 21.9 Å². The molecule has 11 atom stereocenters. The number of Topliss-reactive ketones (excluding diaryl/α,β-unsaturated/α-hetero) is 2. The van der Waals surface area contributed by atoms with Gasteiger partial charge in [0.2, 0.25) is 0 Å². The van der Waals surface area contributed by atoms with Crippen LogP contribution in [0, 0.1) is 35.5 Å². The molecule has 4 rings (SSSR count). The van der Waals surface area contributed by atoms with Crippen molar-refractivity contribution >= 4 is 34.6 Å². The number of amides is 1. The van der Waals surface area contributed by atoms with E-state index in [1.807, 2.05) is 0 Å². The number of benzene rings is 1. The summed E-state index contributed by atoms with van der Waals surface area (Å²) in [7, 11) is 0. The second-order valence-electron chi connectivity index (χ2n) is 13.2. The summed E-state index contributed by atoms with van der Waals surface area (Å²) in [4.78, 5) is 44.2. The summed E-state index contributed by atoms with van der Waals surface area (Å²) in [6, 6.07) is 0. The van der Waals surface area contributed by atoms with Crippen molar-refractivity contribution in [1.82, 2.24) is 0 Å². The number of carbonyl (C=O) groups is 3. The van der Waals surface area contributed by atoms with Crippen LogP contribution in [0.25, 0.3) is 5.57 Å². The van der Waals surface area contributed by atoms with E-state index in [1.165, 1.54) is 39.0 Å². The number of aliphatic hydroxyl groups is 5. The first-order valence-electron chi connectivity index (χ1n) is 15.7. The Morgan fingerprint density at radius 2 is 1.23 bits per heavy atom. The van der Waals surface area contributed by atoms with Crippen molar-refractivity contribution in [2.45, 2.75) is 85.9 Å². The van der Waals surface area contributed by atoms with E-state index in [2.05, 4.69) is 4.99 Å². The Bertz CT molecular complexity index is 1650. The van der Waals surface area contributed by atoms with Gasteiger partial charge < -0.3 is 35.7 Å². The third kappa shape index (κ3) is 7.30. The summed E-state index contributed by atoms with van der Waals surface area (Å²) in [6.45, 7) is 12.3. The fraction of sp³-hybridized carbons (Fsp3) is 0.543. The second kappa shape index (κ2) is 14.9. The van der Waals surface area contributed by atoms with Crippen molar-refractivity contribution in [3.63, 3.8) is 0 Å². The number of aromatic hydroxyl groups is 2. The number of nitrogens with zero attached hydrogens (tertiary/aromatic N) is 1. The summed E-state index contributed by atoms with van der Waals surface area (Å²) in [5.41, 5.74) is -0.879. The maximum absolute atomic E-state index is 13.8. The summed E-state index contributed by atoms with van der Waals surface area (Å²) in [5, 5.41) is 76.1. The van der Waals surface area contributed by atoms with Crippen molar-refractivity contribution in [1.29, 1.82) is 0 Å². The normalized spacial score (nSPS) is 37.9. The Balaban J connectivity index is 2.35. The average Bonchev–Trinajstić information content (AvgIpc) is 3.04. The van der Waals surface area contributed by atoms with E-state index in [4.69, 9.17) is 11.6 Å². The Labute approximate surface area is 278 Å². The highest BCUT2D eigenvalue weighted by molar-refractivity contribution is 6.46. The highest BCUT2D eigenvalue weighted by Gasteiger charge is 2.41. The Kier molecular flexibility index (Phi) is 12.1. The third-order valence-corrected chi connectivity index (χ3v) is 10.2. The van der Waals surface area contributed by atoms with Crippen molar-refractivity contribution < 1.29 is 50.1 Å². The lowest BCUT2D eigenvalue weighted by Crippen LogP contribution is -2.45. The van der Waals surface area contributed by atoms with Gasteiger partial charge in [-0.1, -0.05) is 77.4 Å². The second-order valence-corrected chi connectivity index (χ2v) is 13.6. The molecule has 0 saturated heterocycles. The molecule has 258 valence electrons. The van der Waals surface area contributed by atoms with Gasteiger partial charge in [0.25, 0.3) is 5.91 Å². The minimum atomic E-state index is -1.68. The molecule has 4 bridgehead atoms. The zero-order valence-corrected chi connectivity index (χ0v) is 28.6. The van der Waals surface area contributed by atoms with Crippen molar-refractivity contribution in [3.8, 4) is 11.5 Å². The standard InChI is InChI=1S/C35H46ClNO10/c1-13-10-9-11-14(2)35(47)37-25-24(36)33(45)21-22(31(43)20(8)32(44)23(21)34(25)46)28(40)16(4)12-15(3)27(39)18(6)30(42)19(7)29(41)17(5)26(13)38/h9-13,15,17-20,26-27,29-30,32,38-39,41-42,44-46H,1-8H3/b10-9+,14-11-,16-12-,37-25?/t13-,15?,17+,18+,19+,20?,26-,27-,29+,30+,32?/m0/s1. The van der Waals surface area contributed by atoms with Crippen LogP contribution < -0.4 is 10.6 Å². The first-order chi connectivity index (χ1) is 21.8. The van der Waals surface area contributed by atoms with Crippen LogP contribution in [-0.2, 0) is 14.4 Å². The topological polar surface area (TPSA) is 205 Å². The van der Waals surface area contributed by atoms with Gasteiger partial charge >= 0.3 is 0 Å². The van der Waals surface area contributed by atoms with E-state index in [0.717, 1.165) is 0 Å². The van der Waals surface area contributed by atoms with E-state index in [0.29, 0.717) is 0 Å². The minimum Gasteiger partial charge on any atom is -0.506 e. The number of rotatable bonds is 0. The molecule has 1 aliphatic carbocycles. The number of phenolic OH excluding ortho intramolecular Hbond substituents is 2. The molecule has 2 heterocycles. The fourth-order valence-corrected chi connectivity index (χ4v) is 6.58. The minimum absolute atomic E-state index is 0.0134. The molecule has 0 spiro atoms. The van der Waals surface area contributed by atoms with E-state index < -0.39 is 122 Å². The van der Waals surface area contributed by atoms with Crippen LogP contribution in [-0.4, -0.2) is 77.6 Å². The van der Waals surface area contributed by atoms with Gasteiger partial charge in [-0.15, -0.1) is 0 Å². The van der Waals surface area contributed by atoms with Gasteiger partial charge in [-0.3, -0.25) is 14.4 Å². The molecule has 0 saturated carbocycles. The summed E-state index contributed by atoms with van der Waals surface area (Å²) < 4.78 is 0. The molecule has 3 aliphatic rings. The molecule has 1 aromatic carbocycles. The Morgan fingerprint density at radius 3 is 1.79 bits per heavy atom. The lowest BCUT2D eigenvalue weighted by Gasteiger charge is -2.36. The predicted octanol–water partition coefficient (Wildman–Crippen LogP) is 1.96. The van der Waals surface area contributed by atoms with Gasteiger partial charge in [0, 0.05) is 45.9 Å². The smallest absolute Gasteiger partial charge is 0.273 e. The number of aliphatic hydroxyl groups excluding tert-OH is 5. The summed E-state index contributed by atoms with van der Waals surface area (Å²) >= 11 is 6.37. The Morgan fingerprint density at radius 1 is 0.723 bits per heavy atom. The third-order valence-electron chi connectivity index (χ3n) is 9.80. The van der Waals surface area contributed by atoms with Gasteiger partial charge in [-0.25, -0.2) is 4.99 Å². The van der Waals surface area contributed by atoms with Gasteiger partial charge in [-0.05, 0) is 19.4 Å². The van der Waals surface area contributed by atoms with Crippen LogP contribution in [0.4, 0.5) is 0 Å². The molecule has 1 aromatic rings. The highest BCUT2D eigenvalue weighted by atomic mass is 35.5. The molecular weight excluding hydrogens is 630 g/mol. The molecule has 7 N–H and O–H groups in total. The molecule has 2 aliphatic heterocycles. The van der Waals surface area contributed by atoms with Gasteiger partial charge in [0.05, 0.1) is 42.0 Å². The van der Waals surface area contributed by atoms with E-state index in [9.17, 15) is 50.1 Å². The fourth-order valence-electron chi connectivity index (χ4n) is 6.35. The maximum Gasteiger partial charge on any atom is 0.273 e. The number of phenols is 2. The molecule has 3 unspecified atom stereocenters. The quantitative estimate of drug-likeness (QED) is 0.199. The lowest BCUT2D eigenvalue weighted by molar-refractivity contribution is -0.122. The van der Waals surface area contributed by atoms with Crippen molar-refractivity contribution in [2.75, 3.05) is 0 Å². The molecule has 0 radical (unpaired) electrons. The van der Waals surface area contributed by atoms with Crippen LogP contribution in [0.3, 0.4) is 0 Å². The number of ketones is 2. The van der Waals surface area contributed by atoms with E-state index >= 15 is 0 Å². The Hall–Kier alpha value is -3.19. The first kappa shape index (κ1) is 38.3. The predicted molar refractivity (Wildman–Crippen MR) is 175 cm³/mol. The number of halogens is 1. The number of hydrogen-bond donors (Lipinski definition) is 7. The lowest BCUT2D eigenvalue weighted by atomic mass is 9.76. The number of fused-ring (bicyclic) bond motifs is 15. The molecule has 0 fully saturated rings. The van der Waals surface area contributed by atoms with Crippen LogP contribution in [0.1, 0.15) is 67.1 Å². The molecular formula is C35H46ClNO10. The summed E-state index contributed by atoms with van der Waals surface area (Å²) in [5.74, 6) is -8.93. The van der Waals surface area contributed by atoms with E-state index in [-0.39, 0.29) is 11.1 Å². The molecule has 1 amide bonds. The monoisotopic (exact) mass is 675 g/mol. The average molecular weight is 676 g/mol. The first-order valence-corrected chi connectivity index (χ1v) is 16.1. The van der Waals surface area contributed by atoms with Gasteiger partial charge in [-0.2, -0.15) is 0 Å². The number of carbonyl (C=O) groups excluding carboxylic acids is 3. The SMILES string of the molecule is C/C1=C/C=C/[C@H](C)[C@H](O)[C@@H](C)[C@@H](O)[C@@H](C)[C@H](O)[C@H](C)[C@@H](O)C(C)/C=C(/C)C(=O)C2=c3c(O)c(Cl)c(c(O)c3C(O)C(C)C2=O)=NC1=O. The van der Waals surface area contributed by atoms with Crippen LogP contribution in [0.5, 0.6) is 11.5 Å². The highest BCUT2D eigenvalue weighted by Crippen LogP contribution is 2.36. The van der Waals surface area contributed by atoms with Crippen LogP contribution in [0.15, 0.2) is 40.4 Å². The maximum atomic E-state index is 13.8. The van der Waals surface area contributed by atoms with Crippen molar-refractivity contribution in [2.24, 2.45) is 40.5 Å². The summed E-state index contributed by atoms with van der Waals surface area (Å²) in [6.07, 6.45) is -0.390. The van der Waals surface area contributed by atoms with E-state index in [1.54, 1.807) is 40.7 Å².